The molecule has 0 aromatic heterocycles. The Morgan fingerprint density at radius 2 is 1.22 bits per heavy atom. The summed E-state index contributed by atoms with van der Waals surface area (Å²) in [6.45, 7) is 0. The quantitative estimate of drug-likeness (QED) is 0.601. The van der Waals surface area contributed by atoms with Crippen molar-refractivity contribution in [2.45, 2.75) is 0 Å². The molecule has 0 amide bonds. The number of rotatable bonds is 3. The van der Waals surface area contributed by atoms with Gasteiger partial charge in [0.15, 0.2) is 0 Å². The number of aldehydes is 1. The van der Waals surface area contributed by atoms with E-state index in [1.165, 1.54) is 0 Å². The predicted molar refractivity (Wildman–Crippen MR) is 71.9 cm³/mol. The molecule has 86 valence electrons. The van der Waals surface area contributed by atoms with Crippen molar-refractivity contribution in [3.63, 3.8) is 0 Å². The first kappa shape index (κ1) is 11.8. The second-order valence-corrected chi connectivity index (χ2v) is 3.85. The molecule has 0 fully saturated rings. The van der Waals surface area contributed by atoms with Crippen LogP contribution in [0.5, 0.6) is 0 Å². The van der Waals surface area contributed by atoms with Crippen molar-refractivity contribution >= 4 is 18.4 Å². The number of carbonyl (C=O) groups excluding carboxylic acids is 1. The summed E-state index contributed by atoms with van der Waals surface area (Å²) in [5.74, 6) is 0. The maximum atomic E-state index is 10.5. The Morgan fingerprint density at radius 3 is 1.67 bits per heavy atom. The fourth-order valence-corrected chi connectivity index (χ4v) is 1.55. The molecule has 2 heteroatoms. The van der Waals surface area contributed by atoms with Gasteiger partial charge in [-0.25, -0.2) is 0 Å². The lowest BCUT2D eigenvalue weighted by atomic mass is 10.1. The van der Waals surface area contributed by atoms with Gasteiger partial charge in [0.1, 0.15) is 6.29 Å². The van der Waals surface area contributed by atoms with Crippen molar-refractivity contribution in [3.8, 4) is 6.07 Å². The minimum atomic E-state index is 0.655. The van der Waals surface area contributed by atoms with Gasteiger partial charge in [-0.3, -0.25) is 4.79 Å². The van der Waals surface area contributed by atoms with Gasteiger partial charge in [0, 0.05) is 5.56 Å². The molecule has 0 atom stereocenters. The summed E-state index contributed by atoms with van der Waals surface area (Å²) >= 11 is 0. The molecule has 0 aliphatic heterocycles. The first-order valence-corrected chi connectivity index (χ1v) is 5.55. The van der Waals surface area contributed by atoms with Crippen LogP contribution >= 0.6 is 0 Å². The smallest absolute Gasteiger partial charge is 0.150 e. The minimum absolute atomic E-state index is 0.655. The van der Waals surface area contributed by atoms with Crippen LogP contribution in [-0.2, 0) is 0 Å². The number of carbonyl (C=O) groups is 1. The third-order valence-corrected chi connectivity index (χ3v) is 2.58. The highest BCUT2D eigenvalue weighted by atomic mass is 16.1. The van der Waals surface area contributed by atoms with Crippen LogP contribution in [0.15, 0.2) is 48.5 Å². The number of hydrogen-bond donors (Lipinski definition) is 0. The van der Waals surface area contributed by atoms with E-state index in [9.17, 15) is 4.79 Å². The van der Waals surface area contributed by atoms with Crippen LogP contribution in [0, 0.1) is 11.3 Å². The van der Waals surface area contributed by atoms with Crippen molar-refractivity contribution < 1.29 is 4.79 Å². The van der Waals surface area contributed by atoms with E-state index >= 15 is 0 Å². The van der Waals surface area contributed by atoms with Crippen LogP contribution in [0.3, 0.4) is 0 Å². The molecule has 0 bridgehead atoms. The van der Waals surface area contributed by atoms with E-state index in [1.54, 1.807) is 24.3 Å². The van der Waals surface area contributed by atoms with Gasteiger partial charge >= 0.3 is 0 Å². The maximum Gasteiger partial charge on any atom is 0.150 e. The Bertz CT molecular complexity index is 601. The lowest BCUT2D eigenvalue weighted by molar-refractivity contribution is 0.112. The average molecular weight is 233 g/mol. The Labute approximate surface area is 106 Å². The lowest BCUT2D eigenvalue weighted by Crippen LogP contribution is -1.79. The molecule has 0 heterocycles. The highest BCUT2D eigenvalue weighted by Gasteiger charge is 1.91. The Morgan fingerprint density at radius 1 is 0.778 bits per heavy atom. The third-order valence-electron chi connectivity index (χ3n) is 2.58. The minimum Gasteiger partial charge on any atom is -0.298 e. The molecule has 2 rings (SSSR count). The highest BCUT2D eigenvalue weighted by Crippen LogP contribution is 2.10. The Kier molecular flexibility index (Phi) is 3.68. The Hall–Kier alpha value is -2.66. The summed E-state index contributed by atoms with van der Waals surface area (Å²) in [6.07, 6.45) is 4.77. The summed E-state index contributed by atoms with van der Waals surface area (Å²) in [6, 6.07) is 16.8. The summed E-state index contributed by atoms with van der Waals surface area (Å²) < 4.78 is 0. The van der Waals surface area contributed by atoms with Gasteiger partial charge in [-0.05, 0) is 23.3 Å². The summed E-state index contributed by atoms with van der Waals surface area (Å²) in [5.41, 5.74) is 3.39. The zero-order chi connectivity index (χ0) is 12.8. The van der Waals surface area contributed by atoms with Crippen molar-refractivity contribution in [2.24, 2.45) is 0 Å². The molecule has 2 nitrogen and oxygen atoms in total. The van der Waals surface area contributed by atoms with Gasteiger partial charge in [0.2, 0.25) is 0 Å². The zero-order valence-corrected chi connectivity index (χ0v) is 9.71. The van der Waals surface area contributed by atoms with Gasteiger partial charge in [0.25, 0.3) is 0 Å². The van der Waals surface area contributed by atoms with Crippen molar-refractivity contribution in [1.29, 1.82) is 5.26 Å². The largest absolute Gasteiger partial charge is 0.298 e. The average Bonchev–Trinajstić information content (AvgIpc) is 2.46. The molecule has 0 saturated carbocycles. The second-order valence-electron chi connectivity index (χ2n) is 3.85. The normalized spacial score (nSPS) is 10.2. The summed E-state index contributed by atoms with van der Waals surface area (Å²) in [4.78, 5) is 10.5. The molecule has 0 radical (unpaired) electrons. The Balaban J connectivity index is 2.14. The number of nitrogens with zero attached hydrogens (tertiary/aromatic N) is 1. The summed E-state index contributed by atoms with van der Waals surface area (Å²) in [5, 5.41) is 8.69. The van der Waals surface area contributed by atoms with Gasteiger partial charge in [-0.2, -0.15) is 5.26 Å². The van der Waals surface area contributed by atoms with E-state index < -0.39 is 0 Å². The van der Waals surface area contributed by atoms with Crippen LogP contribution in [0.4, 0.5) is 0 Å². The maximum absolute atomic E-state index is 10.5. The molecule has 18 heavy (non-hydrogen) atoms. The first-order chi connectivity index (χ1) is 8.81. The van der Waals surface area contributed by atoms with E-state index in [2.05, 4.69) is 6.07 Å². The highest BCUT2D eigenvalue weighted by molar-refractivity contribution is 5.76. The van der Waals surface area contributed by atoms with Gasteiger partial charge in [-0.15, -0.1) is 0 Å². The number of nitriles is 1. The van der Waals surface area contributed by atoms with Crippen molar-refractivity contribution in [1.82, 2.24) is 0 Å². The summed E-state index contributed by atoms with van der Waals surface area (Å²) in [7, 11) is 0. The predicted octanol–water partition coefficient (Wildman–Crippen LogP) is 3.54. The van der Waals surface area contributed by atoms with Crippen LogP contribution in [0.25, 0.3) is 12.2 Å². The molecule has 2 aromatic rings. The van der Waals surface area contributed by atoms with Crippen LogP contribution in [0.1, 0.15) is 27.0 Å². The van der Waals surface area contributed by atoms with Crippen LogP contribution in [0.2, 0.25) is 0 Å². The molecule has 0 spiro atoms. The van der Waals surface area contributed by atoms with Crippen LogP contribution < -0.4 is 0 Å². The van der Waals surface area contributed by atoms with Crippen molar-refractivity contribution in [2.75, 3.05) is 0 Å². The zero-order valence-electron chi connectivity index (χ0n) is 9.71. The van der Waals surface area contributed by atoms with E-state index in [-0.39, 0.29) is 0 Å². The molecular weight excluding hydrogens is 222 g/mol. The molecule has 0 unspecified atom stereocenters. The number of benzene rings is 2. The van der Waals surface area contributed by atoms with E-state index in [0.717, 1.165) is 17.4 Å². The van der Waals surface area contributed by atoms with E-state index in [0.29, 0.717) is 11.1 Å². The second kappa shape index (κ2) is 5.60. The lowest BCUT2D eigenvalue weighted by Gasteiger charge is -1.95. The monoisotopic (exact) mass is 233 g/mol. The molecular formula is C16H11NO. The first-order valence-electron chi connectivity index (χ1n) is 5.55. The van der Waals surface area contributed by atoms with E-state index in [4.69, 9.17) is 5.26 Å². The third kappa shape index (κ3) is 2.93. The van der Waals surface area contributed by atoms with Gasteiger partial charge in [0.05, 0.1) is 11.6 Å². The molecule has 0 N–H and O–H groups in total. The van der Waals surface area contributed by atoms with Gasteiger partial charge in [-0.1, -0.05) is 48.6 Å². The fraction of sp³-hybridized carbons (Fsp3) is 0. The van der Waals surface area contributed by atoms with Gasteiger partial charge < -0.3 is 0 Å². The van der Waals surface area contributed by atoms with E-state index in [1.807, 2.05) is 36.4 Å². The molecule has 0 saturated heterocycles. The standard InChI is InChI=1S/C16H11NO/c17-11-15-7-3-13(4-8-15)1-2-14-5-9-16(12-18)10-6-14/h1-10,12H. The van der Waals surface area contributed by atoms with Crippen molar-refractivity contribution in [3.05, 3.63) is 70.8 Å². The molecule has 2 aromatic carbocycles. The fourth-order valence-electron chi connectivity index (χ4n) is 1.55. The topological polar surface area (TPSA) is 40.9 Å². The molecule has 0 aliphatic rings. The van der Waals surface area contributed by atoms with Crippen LogP contribution in [-0.4, -0.2) is 6.29 Å². The number of hydrogen-bond acceptors (Lipinski definition) is 2. The SMILES string of the molecule is N#Cc1ccc(C=Cc2ccc(C=O)cc2)cc1. The molecule has 0 aliphatic carbocycles.